The Morgan fingerprint density at radius 2 is 1.27 bits per heavy atom. The van der Waals surface area contributed by atoms with Crippen molar-refractivity contribution in [1.29, 1.82) is 0 Å². The molecule has 0 aliphatic carbocycles. The number of fused-ring (bicyclic) bond motifs is 7. The molecule has 5 nitrogen and oxygen atoms in total. The SMILES string of the molecule is c1ccc(-c2cc(-n3c4ccccc4n4cc5c6ccccc6oc5c34)nc(-c3ccccc3)n2)cc1. The summed E-state index contributed by atoms with van der Waals surface area (Å²) in [6.45, 7) is 0. The van der Waals surface area contributed by atoms with Crippen LogP contribution in [0.4, 0.5) is 0 Å². The molecule has 5 heteroatoms. The molecular formula is C32H20N4O. The first-order valence-electron chi connectivity index (χ1n) is 12.3. The first kappa shape index (κ1) is 20.1. The highest BCUT2D eigenvalue weighted by Crippen LogP contribution is 2.37. The second-order valence-corrected chi connectivity index (χ2v) is 9.15. The topological polar surface area (TPSA) is 48.3 Å². The van der Waals surface area contributed by atoms with Crippen LogP contribution in [-0.4, -0.2) is 18.9 Å². The highest BCUT2D eigenvalue weighted by atomic mass is 16.3. The van der Waals surface area contributed by atoms with Crippen molar-refractivity contribution in [3.8, 4) is 28.5 Å². The van der Waals surface area contributed by atoms with Crippen molar-refractivity contribution in [2.45, 2.75) is 0 Å². The van der Waals surface area contributed by atoms with Crippen molar-refractivity contribution >= 4 is 38.6 Å². The lowest BCUT2D eigenvalue weighted by atomic mass is 10.1. The molecule has 0 atom stereocenters. The van der Waals surface area contributed by atoms with Crippen LogP contribution in [0.2, 0.25) is 0 Å². The molecule has 37 heavy (non-hydrogen) atoms. The largest absolute Gasteiger partial charge is 0.452 e. The van der Waals surface area contributed by atoms with Crippen molar-refractivity contribution in [1.82, 2.24) is 18.9 Å². The maximum Gasteiger partial charge on any atom is 0.178 e. The van der Waals surface area contributed by atoms with Gasteiger partial charge in [-0.15, -0.1) is 0 Å². The molecule has 0 amide bonds. The van der Waals surface area contributed by atoms with Gasteiger partial charge in [-0.1, -0.05) is 91.0 Å². The minimum Gasteiger partial charge on any atom is -0.452 e. The van der Waals surface area contributed by atoms with Gasteiger partial charge >= 0.3 is 0 Å². The number of hydrogen-bond acceptors (Lipinski definition) is 3. The molecule has 4 heterocycles. The molecule has 0 N–H and O–H groups in total. The molecule has 8 rings (SSSR count). The number of nitrogens with zero attached hydrogens (tertiary/aromatic N) is 4. The maximum absolute atomic E-state index is 6.44. The number of para-hydroxylation sites is 3. The Bertz CT molecular complexity index is 2020. The van der Waals surface area contributed by atoms with Gasteiger partial charge in [-0.25, -0.2) is 9.97 Å². The zero-order chi connectivity index (χ0) is 24.3. The highest BCUT2D eigenvalue weighted by molar-refractivity contribution is 6.12. The van der Waals surface area contributed by atoms with Gasteiger partial charge in [0.15, 0.2) is 17.1 Å². The number of furan rings is 1. The Balaban J connectivity index is 1.51. The first-order chi connectivity index (χ1) is 18.3. The Morgan fingerprint density at radius 1 is 0.595 bits per heavy atom. The van der Waals surface area contributed by atoms with Crippen LogP contribution in [0.5, 0.6) is 0 Å². The van der Waals surface area contributed by atoms with E-state index in [9.17, 15) is 0 Å². The van der Waals surface area contributed by atoms with Crippen LogP contribution in [-0.2, 0) is 0 Å². The van der Waals surface area contributed by atoms with Gasteiger partial charge in [0, 0.05) is 34.2 Å². The fourth-order valence-corrected chi connectivity index (χ4v) is 5.28. The molecule has 4 aromatic heterocycles. The number of hydrogen-bond donors (Lipinski definition) is 0. The zero-order valence-corrected chi connectivity index (χ0v) is 19.7. The third-order valence-corrected chi connectivity index (χ3v) is 6.96. The summed E-state index contributed by atoms with van der Waals surface area (Å²) >= 11 is 0. The van der Waals surface area contributed by atoms with E-state index in [4.69, 9.17) is 14.4 Å². The number of aromatic nitrogens is 4. The molecular weight excluding hydrogens is 456 g/mol. The third kappa shape index (κ3) is 2.98. The quantitative estimate of drug-likeness (QED) is 0.260. The molecule has 0 aliphatic heterocycles. The van der Waals surface area contributed by atoms with E-state index < -0.39 is 0 Å². The lowest BCUT2D eigenvalue weighted by molar-refractivity contribution is 0.670. The molecule has 8 aromatic rings. The monoisotopic (exact) mass is 476 g/mol. The average Bonchev–Trinajstić information content (AvgIpc) is 3.61. The van der Waals surface area contributed by atoms with E-state index in [1.807, 2.05) is 60.7 Å². The average molecular weight is 477 g/mol. The molecule has 174 valence electrons. The molecule has 0 bridgehead atoms. The van der Waals surface area contributed by atoms with Gasteiger partial charge in [-0.2, -0.15) is 0 Å². The van der Waals surface area contributed by atoms with E-state index >= 15 is 0 Å². The van der Waals surface area contributed by atoms with Gasteiger partial charge in [-0.3, -0.25) is 8.97 Å². The first-order valence-corrected chi connectivity index (χ1v) is 12.3. The predicted molar refractivity (Wildman–Crippen MR) is 148 cm³/mol. The van der Waals surface area contributed by atoms with Crippen molar-refractivity contribution in [3.05, 3.63) is 121 Å². The van der Waals surface area contributed by atoms with E-state index in [1.165, 1.54) is 0 Å². The van der Waals surface area contributed by atoms with Gasteiger partial charge in [0.1, 0.15) is 11.4 Å². The van der Waals surface area contributed by atoms with Crippen LogP contribution >= 0.6 is 0 Å². The van der Waals surface area contributed by atoms with Gasteiger partial charge in [-0.05, 0) is 18.2 Å². The summed E-state index contributed by atoms with van der Waals surface area (Å²) in [4.78, 5) is 10.1. The predicted octanol–water partition coefficient (Wildman–Crippen LogP) is 7.91. The van der Waals surface area contributed by atoms with Crippen molar-refractivity contribution < 1.29 is 4.42 Å². The number of benzene rings is 4. The fourth-order valence-electron chi connectivity index (χ4n) is 5.28. The smallest absolute Gasteiger partial charge is 0.178 e. The third-order valence-electron chi connectivity index (χ3n) is 6.96. The van der Waals surface area contributed by atoms with E-state index in [2.05, 4.69) is 69.8 Å². The number of imidazole rings is 1. The van der Waals surface area contributed by atoms with Gasteiger partial charge in [0.05, 0.1) is 16.7 Å². The van der Waals surface area contributed by atoms with E-state index in [0.29, 0.717) is 5.82 Å². The fraction of sp³-hybridized carbons (Fsp3) is 0. The van der Waals surface area contributed by atoms with Crippen LogP contribution in [0.15, 0.2) is 126 Å². The van der Waals surface area contributed by atoms with E-state index in [-0.39, 0.29) is 0 Å². The summed E-state index contributed by atoms with van der Waals surface area (Å²) in [5.41, 5.74) is 7.70. The van der Waals surface area contributed by atoms with E-state index in [1.54, 1.807) is 0 Å². The Morgan fingerprint density at radius 3 is 2.08 bits per heavy atom. The molecule has 0 aliphatic rings. The summed E-state index contributed by atoms with van der Waals surface area (Å²) < 4.78 is 10.8. The minimum atomic E-state index is 0.681. The lowest BCUT2D eigenvalue weighted by Gasteiger charge is -2.11. The van der Waals surface area contributed by atoms with Gasteiger partial charge in [0.2, 0.25) is 0 Å². The Kier molecular flexibility index (Phi) is 4.16. The van der Waals surface area contributed by atoms with Crippen molar-refractivity contribution in [2.24, 2.45) is 0 Å². The summed E-state index contributed by atoms with van der Waals surface area (Å²) in [6.07, 6.45) is 2.17. The molecule has 0 spiro atoms. The Labute approximate surface area is 211 Å². The minimum absolute atomic E-state index is 0.681. The zero-order valence-electron chi connectivity index (χ0n) is 19.7. The molecule has 0 unspecified atom stereocenters. The molecule has 4 aromatic carbocycles. The van der Waals surface area contributed by atoms with E-state index in [0.717, 1.165) is 61.3 Å². The highest BCUT2D eigenvalue weighted by Gasteiger charge is 2.22. The van der Waals surface area contributed by atoms with Crippen LogP contribution < -0.4 is 0 Å². The van der Waals surface area contributed by atoms with Crippen LogP contribution in [0, 0.1) is 0 Å². The van der Waals surface area contributed by atoms with Crippen LogP contribution in [0.25, 0.3) is 67.1 Å². The second kappa shape index (κ2) is 7.67. The van der Waals surface area contributed by atoms with Gasteiger partial charge < -0.3 is 4.42 Å². The Hall–Kier alpha value is -5.16. The van der Waals surface area contributed by atoms with Crippen molar-refractivity contribution in [2.75, 3.05) is 0 Å². The molecule has 0 saturated carbocycles. The van der Waals surface area contributed by atoms with Crippen molar-refractivity contribution in [3.63, 3.8) is 0 Å². The summed E-state index contributed by atoms with van der Waals surface area (Å²) in [7, 11) is 0. The van der Waals surface area contributed by atoms with Gasteiger partial charge in [0.25, 0.3) is 0 Å². The van der Waals surface area contributed by atoms with Crippen LogP contribution in [0.3, 0.4) is 0 Å². The molecule has 0 radical (unpaired) electrons. The maximum atomic E-state index is 6.44. The standard InChI is InChI=1S/C32H20N4O/c1-3-11-21(12-4-1)25-19-29(34-31(33-25)22-13-5-2-6-14-22)36-27-17-9-8-16-26(27)35-20-24-23-15-7-10-18-28(23)37-30(24)32(35)36/h1-20H. The van der Waals surface area contributed by atoms with Crippen LogP contribution in [0.1, 0.15) is 0 Å². The second-order valence-electron chi connectivity index (χ2n) is 9.15. The summed E-state index contributed by atoms with van der Waals surface area (Å²) in [6, 6.07) is 39.0. The normalized spacial score (nSPS) is 11.8. The molecule has 0 saturated heterocycles. The summed E-state index contributed by atoms with van der Waals surface area (Å²) in [5, 5.41) is 2.19. The lowest BCUT2D eigenvalue weighted by Crippen LogP contribution is -2.02. The number of rotatable bonds is 3. The summed E-state index contributed by atoms with van der Waals surface area (Å²) in [5.74, 6) is 1.47. The molecule has 0 fully saturated rings.